The Hall–Kier alpha value is -0.900. The number of benzene rings is 1. The summed E-state index contributed by atoms with van der Waals surface area (Å²) in [5, 5.41) is 0.141. The lowest BCUT2D eigenvalue weighted by Gasteiger charge is -2.14. The molecule has 0 aliphatic heterocycles. The standard InChI is InChI=1S/C11H14ClFN2/c1-2-4-9(15-14)7-8-5-3-6-10(12)11(8)13/h2-3,5-6,9,15H,1,4,7,14H2. The summed E-state index contributed by atoms with van der Waals surface area (Å²) in [6.45, 7) is 3.61. The Morgan fingerprint density at radius 1 is 1.60 bits per heavy atom. The van der Waals surface area contributed by atoms with Crippen molar-refractivity contribution in [2.75, 3.05) is 0 Å². The van der Waals surface area contributed by atoms with Crippen molar-refractivity contribution in [3.8, 4) is 0 Å². The summed E-state index contributed by atoms with van der Waals surface area (Å²) in [5.74, 6) is 4.97. The van der Waals surface area contributed by atoms with Gasteiger partial charge in [-0.05, 0) is 24.5 Å². The van der Waals surface area contributed by atoms with E-state index in [1.807, 2.05) is 0 Å². The van der Waals surface area contributed by atoms with Crippen LogP contribution < -0.4 is 11.3 Å². The van der Waals surface area contributed by atoms with Crippen molar-refractivity contribution in [2.45, 2.75) is 18.9 Å². The number of halogens is 2. The van der Waals surface area contributed by atoms with Gasteiger partial charge >= 0.3 is 0 Å². The lowest BCUT2D eigenvalue weighted by atomic mass is 10.0. The third-order valence-corrected chi connectivity index (χ3v) is 2.48. The predicted molar refractivity (Wildman–Crippen MR) is 61.0 cm³/mol. The second-order valence-electron chi connectivity index (χ2n) is 3.31. The normalized spacial score (nSPS) is 12.5. The largest absolute Gasteiger partial charge is 0.271 e. The van der Waals surface area contributed by atoms with Gasteiger partial charge in [-0.25, -0.2) is 4.39 Å². The Balaban J connectivity index is 2.78. The summed E-state index contributed by atoms with van der Waals surface area (Å²) in [6.07, 6.45) is 2.92. The number of hydrogen-bond acceptors (Lipinski definition) is 2. The van der Waals surface area contributed by atoms with Crippen LogP contribution in [-0.2, 0) is 6.42 Å². The average molecular weight is 229 g/mol. The second-order valence-corrected chi connectivity index (χ2v) is 3.71. The molecule has 0 spiro atoms. The van der Waals surface area contributed by atoms with Crippen LogP contribution in [0.1, 0.15) is 12.0 Å². The number of rotatable bonds is 5. The molecule has 0 aliphatic rings. The van der Waals surface area contributed by atoms with Crippen molar-refractivity contribution in [1.29, 1.82) is 0 Å². The molecule has 0 aromatic heterocycles. The van der Waals surface area contributed by atoms with Gasteiger partial charge in [-0.2, -0.15) is 0 Å². The number of hydrogen-bond donors (Lipinski definition) is 2. The minimum atomic E-state index is -0.372. The van der Waals surface area contributed by atoms with Crippen LogP contribution in [0, 0.1) is 5.82 Å². The average Bonchev–Trinajstić information content (AvgIpc) is 2.24. The van der Waals surface area contributed by atoms with Crippen molar-refractivity contribution in [3.05, 3.63) is 47.3 Å². The lowest BCUT2D eigenvalue weighted by molar-refractivity contribution is 0.513. The molecule has 1 atom stereocenters. The van der Waals surface area contributed by atoms with E-state index < -0.39 is 0 Å². The first kappa shape index (κ1) is 12.2. The quantitative estimate of drug-likeness (QED) is 0.462. The van der Waals surface area contributed by atoms with Gasteiger partial charge in [-0.15, -0.1) is 6.58 Å². The zero-order valence-electron chi connectivity index (χ0n) is 8.34. The van der Waals surface area contributed by atoms with Crippen LogP contribution in [0.25, 0.3) is 0 Å². The minimum absolute atomic E-state index is 0.0181. The fourth-order valence-corrected chi connectivity index (χ4v) is 1.58. The van der Waals surface area contributed by atoms with Crippen LogP contribution >= 0.6 is 11.6 Å². The molecule has 0 saturated heterocycles. The maximum Gasteiger partial charge on any atom is 0.145 e. The fraction of sp³-hybridized carbons (Fsp3) is 0.273. The van der Waals surface area contributed by atoms with E-state index in [9.17, 15) is 4.39 Å². The second kappa shape index (κ2) is 5.85. The third kappa shape index (κ3) is 3.30. The van der Waals surface area contributed by atoms with E-state index >= 15 is 0 Å². The van der Waals surface area contributed by atoms with Crippen molar-refractivity contribution >= 4 is 11.6 Å². The Labute approximate surface area is 93.9 Å². The maximum atomic E-state index is 13.5. The first-order valence-electron chi connectivity index (χ1n) is 4.69. The first-order chi connectivity index (χ1) is 7.19. The van der Waals surface area contributed by atoms with Gasteiger partial charge in [0.15, 0.2) is 0 Å². The molecule has 4 heteroatoms. The first-order valence-corrected chi connectivity index (χ1v) is 5.06. The molecule has 1 rings (SSSR count). The van der Waals surface area contributed by atoms with Gasteiger partial charge in [-0.3, -0.25) is 11.3 Å². The zero-order valence-corrected chi connectivity index (χ0v) is 9.10. The molecule has 3 N–H and O–H groups in total. The van der Waals surface area contributed by atoms with Gasteiger partial charge in [0.25, 0.3) is 0 Å². The van der Waals surface area contributed by atoms with E-state index in [0.29, 0.717) is 18.4 Å². The highest BCUT2D eigenvalue weighted by Crippen LogP contribution is 2.19. The van der Waals surface area contributed by atoms with Crippen LogP contribution in [0.3, 0.4) is 0 Å². The number of hydrazine groups is 1. The number of nitrogens with one attached hydrogen (secondary N) is 1. The van der Waals surface area contributed by atoms with Crippen molar-refractivity contribution in [3.63, 3.8) is 0 Å². The van der Waals surface area contributed by atoms with Crippen LogP contribution in [0.5, 0.6) is 0 Å². The van der Waals surface area contributed by atoms with Crippen molar-refractivity contribution in [1.82, 2.24) is 5.43 Å². The van der Waals surface area contributed by atoms with Gasteiger partial charge < -0.3 is 0 Å². The van der Waals surface area contributed by atoms with E-state index in [2.05, 4.69) is 12.0 Å². The molecule has 1 unspecified atom stereocenters. The number of nitrogens with two attached hydrogens (primary N) is 1. The minimum Gasteiger partial charge on any atom is -0.271 e. The van der Waals surface area contributed by atoms with Gasteiger partial charge in [0.05, 0.1) is 5.02 Å². The van der Waals surface area contributed by atoms with Crippen molar-refractivity contribution < 1.29 is 4.39 Å². The molecular weight excluding hydrogens is 215 g/mol. The molecule has 0 aliphatic carbocycles. The molecule has 0 saturated carbocycles. The zero-order chi connectivity index (χ0) is 11.3. The van der Waals surface area contributed by atoms with Gasteiger partial charge in [0, 0.05) is 6.04 Å². The monoisotopic (exact) mass is 228 g/mol. The van der Waals surface area contributed by atoms with Crippen LogP contribution in [-0.4, -0.2) is 6.04 Å². The molecule has 82 valence electrons. The SMILES string of the molecule is C=CCC(Cc1cccc(Cl)c1F)NN. The molecule has 15 heavy (non-hydrogen) atoms. The summed E-state index contributed by atoms with van der Waals surface area (Å²) in [4.78, 5) is 0. The molecule has 0 heterocycles. The smallest absolute Gasteiger partial charge is 0.145 e. The molecular formula is C11H14ClFN2. The fourth-order valence-electron chi connectivity index (χ4n) is 1.38. The molecule has 0 fully saturated rings. The Morgan fingerprint density at radius 2 is 2.33 bits per heavy atom. The topological polar surface area (TPSA) is 38.0 Å². The van der Waals surface area contributed by atoms with Gasteiger partial charge in [0.1, 0.15) is 5.82 Å². The van der Waals surface area contributed by atoms with Crippen LogP contribution in [0.15, 0.2) is 30.9 Å². The summed E-state index contributed by atoms with van der Waals surface area (Å²) in [5.41, 5.74) is 3.18. The molecule has 1 aromatic rings. The van der Waals surface area contributed by atoms with Crippen LogP contribution in [0.2, 0.25) is 5.02 Å². The highest BCUT2D eigenvalue weighted by Gasteiger charge is 2.11. The summed E-state index contributed by atoms with van der Waals surface area (Å²) in [6, 6.07) is 4.94. The van der Waals surface area contributed by atoms with Crippen LogP contribution in [0.4, 0.5) is 4.39 Å². The van der Waals surface area contributed by atoms with E-state index in [0.717, 1.165) is 0 Å². The molecule has 0 bridgehead atoms. The van der Waals surface area contributed by atoms with E-state index in [4.69, 9.17) is 17.4 Å². The highest BCUT2D eigenvalue weighted by atomic mass is 35.5. The van der Waals surface area contributed by atoms with E-state index in [1.165, 1.54) is 6.07 Å². The summed E-state index contributed by atoms with van der Waals surface area (Å²) < 4.78 is 13.5. The molecule has 0 amide bonds. The lowest BCUT2D eigenvalue weighted by Crippen LogP contribution is -2.36. The molecule has 2 nitrogen and oxygen atoms in total. The van der Waals surface area contributed by atoms with E-state index in [1.54, 1.807) is 18.2 Å². The van der Waals surface area contributed by atoms with Crippen molar-refractivity contribution in [2.24, 2.45) is 5.84 Å². The van der Waals surface area contributed by atoms with Gasteiger partial charge in [0.2, 0.25) is 0 Å². The Morgan fingerprint density at radius 3 is 2.93 bits per heavy atom. The molecule has 0 radical (unpaired) electrons. The predicted octanol–water partition coefficient (Wildman–Crippen LogP) is 2.43. The Kier molecular flexibility index (Phi) is 4.75. The third-order valence-electron chi connectivity index (χ3n) is 2.18. The Bertz CT molecular complexity index is 341. The highest BCUT2D eigenvalue weighted by molar-refractivity contribution is 6.30. The summed E-state index contributed by atoms with van der Waals surface area (Å²) >= 11 is 5.67. The van der Waals surface area contributed by atoms with E-state index in [-0.39, 0.29) is 16.9 Å². The summed E-state index contributed by atoms with van der Waals surface area (Å²) in [7, 11) is 0. The maximum absolute atomic E-state index is 13.5. The van der Waals surface area contributed by atoms with Gasteiger partial charge in [-0.1, -0.05) is 29.8 Å². The molecule has 1 aromatic carbocycles.